The van der Waals surface area contributed by atoms with Gasteiger partial charge in [-0.05, 0) is 35.9 Å². The summed E-state index contributed by atoms with van der Waals surface area (Å²) in [5.41, 5.74) is 0.570. The summed E-state index contributed by atoms with van der Waals surface area (Å²) < 4.78 is 10.5. The zero-order valence-electron chi connectivity index (χ0n) is 14.4. The largest absolute Gasteiger partial charge is 0.480 e. The van der Waals surface area contributed by atoms with Crippen molar-refractivity contribution in [3.05, 3.63) is 64.3 Å². The van der Waals surface area contributed by atoms with Gasteiger partial charge < -0.3 is 25.2 Å². The fraction of sp³-hybridized carbons (Fsp3) is 0.105. The third-order valence-electron chi connectivity index (χ3n) is 3.72. The molecule has 0 radical (unpaired) electrons. The van der Waals surface area contributed by atoms with Gasteiger partial charge in [-0.2, -0.15) is 0 Å². The monoisotopic (exact) mass is 402 g/mol. The summed E-state index contributed by atoms with van der Waals surface area (Å²) in [5.74, 6) is -1.53. The summed E-state index contributed by atoms with van der Waals surface area (Å²) in [5, 5.41) is 13.7. The predicted octanol–water partition coefficient (Wildman–Crippen LogP) is 2.04. The maximum Gasteiger partial charge on any atom is 0.322 e. The molecule has 1 heterocycles. The lowest BCUT2D eigenvalue weighted by Gasteiger charge is -2.11. The van der Waals surface area contributed by atoms with Crippen LogP contribution < -0.4 is 20.1 Å². The van der Waals surface area contributed by atoms with Crippen molar-refractivity contribution in [2.24, 2.45) is 0 Å². The molecule has 0 aromatic heterocycles. The molecule has 0 saturated heterocycles. The number of hydrogen-bond donors (Lipinski definition) is 3. The molecule has 0 spiro atoms. The number of carbonyl (C=O) groups excluding carboxylic acids is 2. The van der Waals surface area contributed by atoms with Crippen molar-refractivity contribution >= 4 is 35.5 Å². The Kier molecular flexibility index (Phi) is 5.81. The van der Waals surface area contributed by atoms with Gasteiger partial charge in [-0.25, -0.2) is 0 Å². The molecule has 0 atom stereocenters. The molecule has 1 aliphatic rings. The molecule has 28 heavy (non-hydrogen) atoms. The molecule has 1 aliphatic heterocycles. The number of carbonyl (C=O) groups is 3. The van der Waals surface area contributed by atoms with Crippen LogP contribution >= 0.6 is 11.6 Å². The van der Waals surface area contributed by atoms with Crippen LogP contribution in [0, 0.1) is 0 Å². The lowest BCUT2D eigenvalue weighted by atomic mass is 10.1. The van der Waals surface area contributed by atoms with Gasteiger partial charge in [-0.3, -0.25) is 14.4 Å². The minimum absolute atomic E-state index is 0.0949. The van der Waals surface area contributed by atoms with Crippen LogP contribution in [0.5, 0.6) is 11.5 Å². The Morgan fingerprint density at radius 2 is 1.86 bits per heavy atom. The second-order valence-corrected chi connectivity index (χ2v) is 6.09. The third kappa shape index (κ3) is 4.60. The Bertz CT molecular complexity index is 973. The van der Waals surface area contributed by atoms with E-state index < -0.39 is 24.3 Å². The second kappa shape index (κ2) is 8.45. The number of fused-ring (bicyclic) bond motifs is 1. The van der Waals surface area contributed by atoms with E-state index in [9.17, 15) is 14.4 Å². The van der Waals surface area contributed by atoms with Crippen LogP contribution in [-0.4, -0.2) is 36.2 Å². The highest BCUT2D eigenvalue weighted by Crippen LogP contribution is 2.33. The molecule has 0 unspecified atom stereocenters. The van der Waals surface area contributed by atoms with E-state index in [2.05, 4.69) is 10.6 Å². The maximum absolute atomic E-state index is 12.5. The highest BCUT2D eigenvalue weighted by atomic mass is 35.5. The van der Waals surface area contributed by atoms with Gasteiger partial charge in [-0.15, -0.1) is 0 Å². The Morgan fingerprint density at radius 3 is 2.61 bits per heavy atom. The molecule has 3 N–H and O–H groups in total. The highest BCUT2D eigenvalue weighted by molar-refractivity contribution is 6.34. The molecule has 2 amide bonds. The van der Waals surface area contributed by atoms with Gasteiger partial charge in [0.25, 0.3) is 11.8 Å². The van der Waals surface area contributed by atoms with Crippen molar-refractivity contribution in [2.75, 3.05) is 13.3 Å². The average Bonchev–Trinajstić information content (AvgIpc) is 3.13. The summed E-state index contributed by atoms with van der Waals surface area (Å²) in [6.07, 6.45) is 1.40. The van der Waals surface area contributed by atoms with Gasteiger partial charge in [0.05, 0.1) is 10.6 Å². The van der Waals surface area contributed by atoms with Crippen LogP contribution in [0.1, 0.15) is 15.9 Å². The second-order valence-electron chi connectivity index (χ2n) is 5.68. The molecular weight excluding hydrogens is 388 g/mol. The fourth-order valence-corrected chi connectivity index (χ4v) is 2.64. The number of ether oxygens (including phenoxy) is 2. The van der Waals surface area contributed by atoms with Gasteiger partial charge in [0.15, 0.2) is 11.5 Å². The molecule has 144 valence electrons. The van der Waals surface area contributed by atoms with Crippen LogP contribution in [0.4, 0.5) is 0 Å². The van der Waals surface area contributed by atoms with E-state index in [0.29, 0.717) is 17.1 Å². The molecule has 0 saturated carbocycles. The normalized spacial score (nSPS) is 12.4. The molecular formula is C19H15ClN2O6. The lowest BCUT2D eigenvalue weighted by Crippen LogP contribution is -2.37. The van der Waals surface area contributed by atoms with E-state index >= 15 is 0 Å². The summed E-state index contributed by atoms with van der Waals surface area (Å²) >= 11 is 6.02. The minimum Gasteiger partial charge on any atom is -0.480 e. The number of amides is 2. The molecule has 0 aliphatic carbocycles. The minimum atomic E-state index is -1.21. The molecule has 0 bridgehead atoms. The Balaban J connectivity index is 1.88. The van der Waals surface area contributed by atoms with Crippen LogP contribution in [0.3, 0.4) is 0 Å². The number of benzene rings is 2. The predicted molar refractivity (Wildman–Crippen MR) is 100 cm³/mol. The van der Waals surface area contributed by atoms with Gasteiger partial charge in [0.2, 0.25) is 6.79 Å². The Morgan fingerprint density at radius 1 is 1.11 bits per heavy atom. The van der Waals surface area contributed by atoms with E-state index in [1.165, 1.54) is 12.1 Å². The van der Waals surface area contributed by atoms with Crippen molar-refractivity contribution in [1.29, 1.82) is 0 Å². The Labute approximate surface area is 164 Å². The summed E-state index contributed by atoms with van der Waals surface area (Å²) in [4.78, 5) is 35.6. The van der Waals surface area contributed by atoms with Crippen molar-refractivity contribution in [3.8, 4) is 11.5 Å². The van der Waals surface area contributed by atoms with Crippen LogP contribution in [-0.2, 0) is 9.59 Å². The zero-order valence-corrected chi connectivity index (χ0v) is 15.2. The SMILES string of the molecule is O=C(O)CNC(=O)C(=Cc1ccc2c(c1)OCO2)NC(=O)c1ccccc1Cl. The third-order valence-corrected chi connectivity index (χ3v) is 4.05. The first-order chi connectivity index (χ1) is 13.4. The number of carboxylic acid groups (broad SMARTS) is 1. The molecule has 3 rings (SSSR count). The molecule has 2 aromatic carbocycles. The summed E-state index contributed by atoms with van der Waals surface area (Å²) in [6, 6.07) is 11.3. The molecule has 0 fully saturated rings. The zero-order chi connectivity index (χ0) is 20.1. The van der Waals surface area contributed by atoms with Gasteiger partial charge in [0, 0.05) is 0 Å². The average molecular weight is 403 g/mol. The number of aliphatic carboxylic acids is 1. The Hall–Kier alpha value is -3.52. The number of halogens is 1. The quantitative estimate of drug-likeness (QED) is 0.637. The van der Waals surface area contributed by atoms with Crippen molar-refractivity contribution in [1.82, 2.24) is 10.6 Å². The molecule has 8 nitrogen and oxygen atoms in total. The van der Waals surface area contributed by atoms with Gasteiger partial charge >= 0.3 is 5.97 Å². The molecule has 2 aromatic rings. The first kappa shape index (κ1) is 19.2. The standard InChI is InChI=1S/C19H15ClN2O6/c20-13-4-2-1-3-12(13)18(25)22-14(19(26)21-9-17(23)24)7-11-5-6-15-16(8-11)28-10-27-15/h1-8H,9-10H2,(H,21,26)(H,22,25)(H,23,24). The number of hydrogen-bond acceptors (Lipinski definition) is 5. The fourth-order valence-electron chi connectivity index (χ4n) is 2.41. The van der Waals surface area contributed by atoms with E-state index in [-0.39, 0.29) is 23.1 Å². The van der Waals surface area contributed by atoms with E-state index in [1.54, 1.807) is 36.4 Å². The van der Waals surface area contributed by atoms with Gasteiger partial charge in [0.1, 0.15) is 12.2 Å². The first-order valence-corrected chi connectivity index (χ1v) is 8.49. The van der Waals surface area contributed by atoms with E-state index in [1.807, 2.05) is 0 Å². The molecule has 9 heteroatoms. The number of carboxylic acids is 1. The number of rotatable bonds is 6. The van der Waals surface area contributed by atoms with Crippen molar-refractivity contribution in [2.45, 2.75) is 0 Å². The van der Waals surface area contributed by atoms with Crippen LogP contribution in [0.2, 0.25) is 5.02 Å². The number of nitrogens with one attached hydrogen (secondary N) is 2. The van der Waals surface area contributed by atoms with Gasteiger partial charge in [-0.1, -0.05) is 29.8 Å². The van der Waals surface area contributed by atoms with Crippen LogP contribution in [0.15, 0.2) is 48.2 Å². The summed E-state index contributed by atoms with van der Waals surface area (Å²) in [6.45, 7) is -0.503. The van der Waals surface area contributed by atoms with Crippen molar-refractivity contribution < 1.29 is 29.0 Å². The summed E-state index contributed by atoms with van der Waals surface area (Å²) in [7, 11) is 0. The topological polar surface area (TPSA) is 114 Å². The van der Waals surface area contributed by atoms with Crippen LogP contribution in [0.25, 0.3) is 6.08 Å². The maximum atomic E-state index is 12.5. The highest BCUT2D eigenvalue weighted by Gasteiger charge is 2.18. The smallest absolute Gasteiger partial charge is 0.322 e. The van der Waals surface area contributed by atoms with Crippen molar-refractivity contribution in [3.63, 3.8) is 0 Å². The lowest BCUT2D eigenvalue weighted by molar-refractivity contribution is -0.137. The van der Waals surface area contributed by atoms with E-state index in [0.717, 1.165) is 0 Å². The van der Waals surface area contributed by atoms with E-state index in [4.69, 9.17) is 26.2 Å². The first-order valence-electron chi connectivity index (χ1n) is 8.11.